The van der Waals surface area contributed by atoms with Gasteiger partial charge in [0.15, 0.2) is 5.65 Å². The molecule has 0 aromatic carbocycles. The molecule has 0 aliphatic heterocycles. The second-order valence-electron chi connectivity index (χ2n) is 5.43. The number of nitrogens with one attached hydrogen (secondary N) is 1. The molecule has 3 aromatic heterocycles. The van der Waals surface area contributed by atoms with E-state index in [1.807, 2.05) is 33.9 Å². The van der Waals surface area contributed by atoms with E-state index in [4.69, 9.17) is 4.42 Å². The van der Waals surface area contributed by atoms with Crippen molar-refractivity contribution in [2.45, 2.75) is 26.8 Å². The summed E-state index contributed by atoms with van der Waals surface area (Å²) in [6, 6.07) is 5.23. The summed E-state index contributed by atoms with van der Waals surface area (Å²) < 4.78 is 7.03. The van der Waals surface area contributed by atoms with Gasteiger partial charge in [-0.2, -0.15) is 5.10 Å². The highest BCUT2D eigenvalue weighted by Crippen LogP contribution is 2.22. The molecule has 0 saturated carbocycles. The van der Waals surface area contributed by atoms with Crippen molar-refractivity contribution < 1.29 is 9.21 Å². The molecule has 3 rings (SSSR count). The van der Waals surface area contributed by atoms with E-state index in [9.17, 15) is 4.79 Å². The highest BCUT2D eigenvalue weighted by molar-refractivity contribution is 6.06. The van der Waals surface area contributed by atoms with Gasteiger partial charge in [0.2, 0.25) is 0 Å². The van der Waals surface area contributed by atoms with Crippen molar-refractivity contribution in [1.29, 1.82) is 0 Å². The Morgan fingerprint density at radius 1 is 1.41 bits per heavy atom. The Morgan fingerprint density at radius 3 is 2.86 bits per heavy atom. The minimum Gasteiger partial charge on any atom is -0.467 e. The van der Waals surface area contributed by atoms with Crippen molar-refractivity contribution in [3.63, 3.8) is 0 Å². The lowest BCUT2D eigenvalue weighted by molar-refractivity contribution is 0.0937. The third-order valence-corrected chi connectivity index (χ3v) is 3.66. The molecule has 3 aromatic rings. The maximum Gasteiger partial charge on any atom is 0.252 e. The molecule has 6 nitrogen and oxygen atoms in total. The van der Waals surface area contributed by atoms with Gasteiger partial charge in [-0.1, -0.05) is 0 Å². The predicted molar refractivity (Wildman–Crippen MR) is 82.6 cm³/mol. The van der Waals surface area contributed by atoms with Crippen molar-refractivity contribution in [3.05, 3.63) is 47.2 Å². The maximum absolute atomic E-state index is 12.7. The largest absolute Gasteiger partial charge is 0.467 e. The third-order valence-electron chi connectivity index (χ3n) is 3.66. The monoisotopic (exact) mass is 298 g/mol. The summed E-state index contributed by atoms with van der Waals surface area (Å²) in [4.78, 5) is 17.1. The molecule has 6 heteroatoms. The molecule has 0 aliphatic carbocycles. The van der Waals surface area contributed by atoms with Gasteiger partial charge in [0.1, 0.15) is 5.76 Å². The zero-order valence-electron chi connectivity index (χ0n) is 13.0. The first kappa shape index (κ1) is 14.3. The van der Waals surface area contributed by atoms with E-state index in [0.29, 0.717) is 11.2 Å². The number of aromatic nitrogens is 3. The predicted octanol–water partition coefficient (Wildman–Crippen LogP) is 2.67. The van der Waals surface area contributed by atoms with Gasteiger partial charge in [-0.3, -0.25) is 9.48 Å². The van der Waals surface area contributed by atoms with Gasteiger partial charge < -0.3 is 9.73 Å². The molecule has 1 atom stereocenters. The zero-order chi connectivity index (χ0) is 15.9. The van der Waals surface area contributed by atoms with Crippen LogP contribution in [0.25, 0.3) is 11.0 Å². The van der Waals surface area contributed by atoms with E-state index in [0.717, 1.165) is 22.5 Å². The van der Waals surface area contributed by atoms with Crippen LogP contribution in [0, 0.1) is 13.8 Å². The molecule has 0 spiro atoms. The van der Waals surface area contributed by atoms with Gasteiger partial charge in [-0.25, -0.2) is 4.98 Å². The molecule has 0 bridgehead atoms. The fraction of sp³-hybridized carbons (Fsp3) is 0.312. The summed E-state index contributed by atoms with van der Waals surface area (Å²) in [5.74, 6) is 0.564. The summed E-state index contributed by atoms with van der Waals surface area (Å²) in [6.45, 7) is 5.64. The number of pyridine rings is 1. The average Bonchev–Trinajstić information content (AvgIpc) is 3.08. The number of hydrogen-bond acceptors (Lipinski definition) is 4. The summed E-state index contributed by atoms with van der Waals surface area (Å²) >= 11 is 0. The summed E-state index contributed by atoms with van der Waals surface area (Å²) in [6.07, 6.45) is 1.60. The lowest BCUT2D eigenvalue weighted by Crippen LogP contribution is -2.26. The lowest BCUT2D eigenvalue weighted by Gasteiger charge is -2.12. The fourth-order valence-electron chi connectivity index (χ4n) is 2.63. The molecule has 0 radical (unpaired) electrons. The Morgan fingerprint density at radius 2 is 2.18 bits per heavy atom. The topological polar surface area (TPSA) is 73.0 Å². The van der Waals surface area contributed by atoms with Gasteiger partial charge in [0.25, 0.3) is 5.91 Å². The second-order valence-corrected chi connectivity index (χ2v) is 5.43. The molecule has 3 heterocycles. The van der Waals surface area contributed by atoms with Gasteiger partial charge in [-0.05, 0) is 39.0 Å². The van der Waals surface area contributed by atoms with Gasteiger partial charge in [-0.15, -0.1) is 0 Å². The van der Waals surface area contributed by atoms with Gasteiger partial charge in [0, 0.05) is 12.7 Å². The van der Waals surface area contributed by atoms with E-state index >= 15 is 0 Å². The molecule has 0 fully saturated rings. The first-order chi connectivity index (χ1) is 10.5. The van der Waals surface area contributed by atoms with Crippen LogP contribution >= 0.6 is 0 Å². The number of amides is 1. The van der Waals surface area contributed by atoms with Crippen LogP contribution in [0.5, 0.6) is 0 Å². The first-order valence-electron chi connectivity index (χ1n) is 7.12. The molecular formula is C16H18N4O2. The molecular weight excluding hydrogens is 280 g/mol. The first-order valence-corrected chi connectivity index (χ1v) is 7.12. The Hall–Kier alpha value is -2.63. The number of hydrogen-bond donors (Lipinski definition) is 1. The van der Waals surface area contributed by atoms with Crippen LogP contribution in [0.3, 0.4) is 0 Å². The van der Waals surface area contributed by atoms with Crippen molar-refractivity contribution in [3.8, 4) is 0 Å². The van der Waals surface area contributed by atoms with Crippen LogP contribution in [0.2, 0.25) is 0 Å². The molecule has 1 amide bonds. The SMILES string of the molecule is Cc1cc(C(=O)N[C@@H](C)c2ccco2)c2c(C)nn(C)c2n1. The number of carbonyl (C=O) groups excluding carboxylic acids is 1. The molecule has 0 unspecified atom stereocenters. The Kier molecular flexibility index (Phi) is 3.44. The number of aryl methyl sites for hydroxylation is 3. The Balaban J connectivity index is 2.00. The summed E-state index contributed by atoms with van der Waals surface area (Å²) in [7, 11) is 1.83. The molecule has 0 aliphatic rings. The number of carbonyl (C=O) groups is 1. The number of fused-ring (bicyclic) bond motifs is 1. The number of furan rings is 1. The van der Waals surface area contributed by atoms with E-state index in [-0.39, 0.29) is 11.9 Å². The van der Waals surface area contributed by atoms with Crippen LogP contribution in [-0.4, -0.2) is 20.7 Å². The Bertz CT molecular complexity index is 834. The molecule has 22 heavy (non-hydrogen) atoms. The summed E-state index contributed by atoms with van der Waals surface area (Å²) in [5, 5.41) is 8.11. The molecule has 0 saturated heterocycles. The van der Waals surface area contributed by atoms with Crippen LogP contribution in [0.15, 0.2) is 28.9 Å². The molecule has 1 N–H and O–H groups in total. The Labute approximate surface area is 128 Å². The highest BCUT2D eigenvalue weighted by atomic mass is 16.3. The maximum atomic E-state index is 12.7. The smallest absolute Gasteiger partial charge is 0.252 e. The van der Waals surface area contributed by atoms with Crippen LogP contribution in [-0.2, 0) is 7.05 Å². The minimum absolute atomic E-state index is 0.157. The van der Waals surface area contributed by atoms with E-state index in [1.165, 1.54) is 0 Å². The minimum atomic E-state index is -0.206. The third kappa shape index (κ3) is 2.36. The quantitative estimate of drug-likeness (QED) is 0.807. The van der Waals surface area contributed by atoms with Crippen LogP contribution < -0.4 is 5.32 Å². The van der Waals surface area contributed by atoms with Crippen LogP contribution in [0.4, 0.5) is 0 Å². The van der Waals surface area contributed by atoms with Gasteiger partial charge >= 0.3 is 0 Å². The normalized spacial score (nSPS) is 12.5. The fourth-order valence-corrected chi connectivity index (χ4v) is 2.63. The highest BCUT2D eigenvalue weighted by Gasteiger charge is 2.20. The second kappa shape index (κ2) is 5.29. The van der Waals surface area contributed by atoms with Crippen molar-refractivity contribution in [2.24, 2.45) is 7.05 Å². The van der Waals surface area contributed by atoms with Crippen molar-refractivity contribution in [2.75, 3.05) is 0 Å². The van der Waals surface area contributed by atoms with E-state index < -0.39 is 0 Å². The zero-order valence-corrected chi connectivity index (χ0v) is 13.0. The summed E-state index contributed by atoms with van der Waals surface area (Å²) in [5.41, 5.74) is 2.88. The standard InChI is InChI=1S/C16H18N4O2/c1-9-8-12(14-11(3)19-20(4)15(14)17-9)16(21)18-10(2)13-6-5-7-22-13/h5-8,10H,1-4H3,(H,18,21)/t10-/m0/s1. The van der Waals surface area contributed by atoms with E-state index in [2.05, 4.69) is 15.4 Å². The molecule has 114 valence electrons. The lowest BCUT2D eigenvalue weighted by atomic mass is 10.1. The average molecular weight is 298 g/mol. The van der Waals surface area contributed by atoms with Crippen molar-refractivity contribution in [1.82, 2.24) is 20.1 Å². The van der Waals surface area contributed by atoms with Crippen molar-refractivity contribution >= 4 is 16.9 Å². The number of rotatable bonds is 3. The number of nitrogens with zero attached hydrogens (tertiary/aromatic N) is 3. The van der Waals surface area contributed by atoms with Crippen LogP contribution in [0.1, 0.15) is 40.5 Å². The van der Waals surface area contributed by atoms with Gasteiger partial charge in [0.05, 0.1) is 28.9 Å². The van der Waals surface area contributed by atoms with E-state index in [1.54, 1.807) is 23.1 Å².